The smallest absolute Gasteiger partial charge is 0.274 e. The van der Waals surface area contributed by atoms with E-state index < -0.39 is 0 Å². The highest BCUT2D eigenvalue weighted by Crippen LogP contribution is 2.26. The molecule has 5 heteroatoms. The van der Waals surface area contributed by atoms with E-state index >= 15 is 0 Å². The molecule has 0 aromatic rings. The van der Waals surface area contributed by atoms with E-state index in [4.69, 9.17) is 0 Å². The average Bonchev–Trinajstić information content (AvgIpc) is 2.30. The summed E-state index contributed by atoms with van der Waals surface area (Å²) in [6.07, 6.45) is 8.37. The largest absolute Gasteiger partial charge is 0.367 e. The van der Waals surface area contributed by atoms with Gasteiger partial charge in [-0.1, -0.05) is 19.3 Å². The molecule has 16 heavy (non-hydrogen) atoms. The van der Waals surface area contributed by atoms with Gasteiger partial charge in [-0.05, 0) is 19.3 Å². The van der Waals surface area contributed by atoms with Gasteiger partial charge in [-0.15, -0.1) is 0 Å². The van der Waals surface area contributed by atoms with E-state index in [0.717, 1.165) is 25.7 Å². The molecule has 0 aromatic heterocycles. The van der Waals surface area contributed by atoms with E-state index in [9.17, 15) is 10.1 Å². The van der Waals surface area contributed by atoms with Gasteiger partial charge in [0.1, 0.15) is 0 Å². The minimum absolute atomic E-state index is 0.358. The molecule has 0 unspecified atom stereocenters. The second kappa shape index (κ2) is 5.18. The Kier molecular flexibility index (Phi) is 3.64. The number of nitrogens with zero attached hydrogens (tertiary/aromatic N) is 2. The molecule has 2 aliphatic rings. The molecule has 90 valence electrons. The molecule has 0 amide bonds. The van der Waals surface area contributed by atoms with Gasteiger partial charge in [-0.25, -0.2) is 0 Å². The first kappa shape index (κ1) is 11.2. The Morgan fingerprint density at radius 1 is 1.31 bits per heavy atom. The van der Waals surface area contributed by atoms with Crippen molar-refractivity contribution in [3.8, 4) is 0 Å². The highest BCUT2D eigenvalue weighted by atomic mass is 16.6. The van der Waals surface area contributed by atoms with Crippen LogP contribution in [-0.2, 0) is 0 Å². The van der Waals surface area contributed by atoms with Crippen molar-refractivity contribution < 1.29 is 4.92 Å². The molecule has 2 fully saturated rings. The minimum Gasteiger partial charge on any atom is -0.367 e. The zero-order valence-corrected chi connectivity index (χ0v) is 9.52. The predicted octanol–water partition coefficient (Wildman–Crippen LogP) is 1.69. The quantitative estimate of drug-likeness (QED) is 0.574. The Labute approximate surface area is 95.7 Å². The lowest BCUT2D eigenvalue weighted by Gasteiger charge is -2.39. The van der Waals surface area contributed by atoms with Crippen LogP contribution in [-0.4, -0.2) is 29.0 Å². The first-order valence-corrected chi connectivity index (χ1v) is 6.13. The van der Waals surface area contributed by atoms with Gasteiger partial charge in [0.05, 0.1) is 4.92 Å². The number of rotatable bonds is 2. The van der Waals surface area contributed by atoms with Gasteiger partial charge in [0.2, 0.25) is 0 Å². The Morgan fingerprint density at radius 3 is 2.75 bits per heavy atom. The summed E-state index contributed by atoms with van der Waals surface area (Å²) >= 11 is 0. The van der Waals surface area contributed by atoms with Crippen LogP contribution in [0.5, 0.6) is 0 Å². The van der Waals surface area contributed by atoms with Crippen molar-refractivity contribution >= 4 is 0 Å². The lowest BCUT2D eigenvalue weighted by atomic mass is 9.94. The van der Waals surface area contributed by atoms with Crippen LogP contribution < -0.4 is 5.32 Å². The maximum absolute atomic E-state index is 10.6. The van der Waals surface area contributed by atoms with Crippen LogP contribution in [0.25, 0.3) is 0 Å². The molecule has 1 aliphatic heterocycles. The zero-order chi connectivity index (χ0) is 11.4. The van der Waals surface area contributed by atoms with Crippen LogP contribution in [0.3, 0.4) is 0 Å². The van der Waals surface area contributed by atoms with Crippen LogP contribution in [0.1, 0.15) is 38.5 Å². The number of nitrogens with one attached hydrogen (secondary N) is 1. The molecule has 1 saturated carbocycles. The number of hydrogen-bond acceptors (Lipinski definition) is 4. The molecule has 0 radical (unpaired) electrons. The third kappa shape index (κ3) is 2.65. The molecule has 1 heterocycles. The molecule has 1 N–H and O–H groups in total. The monoisotopic (exact) mass is 225 g/mol. The molecule has 2 rings (SSSR count). The zero-order valence-electron chi connectivity index (χ0n) is 9.52. The minimum atomic E-state index is -0.358. The van der Waals surface area contributed by atoms with Gasteiger partial charge >= 0.3 is 0 Å². The van der Waals surface area contributed by atoms with Crippen LogP contribution in [0.2, 0.25) is 0 Å². The van der Waals surface area contributed by atoms with Crippen molar-refractivity contribution in [3.63, 3.8) is 0 Å². The Bertz CT molecular complexity index is 285. The van der Waals surface area contributed by atoms with Crippen molar-refractivity contribution in [1.29, 1.82) is 0 Å². The van der Waals surface area contributed by atoms with Gasteiger partial charge in [-0.3, -0.25) is 10.1 Å². The first-order valence-electron chi connectivity index (χ1n) is 6.13. The molecule has 0 aromatic carbocycles. The van der Waals surface area contributed by atoms with Gasteiger partial charge < -0.3 is 10.2 Å². The normalized spacial score (nSPS) is 25.5. The summed E-state index contributed by atoms with van der Waals surface area (Å²) in [5.41, 5.74) is 0. The Morgan fingerprint density at radius 2 is 2.06 bits per heavy atom. The lowest BCUT2D eigenvalue weighted by Crippen LogP contribution is -2.46. The summed E-state index contributed by atoms with van der Waals surface area (Å²) in [7, 11) is 0. The fourth-order valence-corrected chi connectivity index (χ4v) is 2.68. The summed E-state index contributed by atoms with van der Waals surface area (Å²) in [6, 6.07) is 0.507. The first-order chi connectivity index (χ1) is 7.77. The van der Waals surface area contributed by atoms with Gasteiger partial charge in [0.25, 0.3) is 6.20 Å². The molecular formula is C11H19N3O2. The van der Waals surface area contributed by atoms with Gasteiger partial charge in [0.15, 0.2) is 5.82 Å². The summed E-state index contributed by atoms with van der Waals surface area (Å²) in [5.74, 6) is 0.711. The summed E-state index contributed by atoms with van der Waals surface area (Å²) in [6.45, 7) is 1.81. The van der Waals surface area contributed by atoms with Crippen molar-refractivity contribution in [2.45, 2.75) is 44.6 Å². The van der Waals surface area contributed by atoms with E-state index in [1.165, 1.54) is 32.1 Å². The molecule has 5 nitrogen and oxygen atoms in total. The predicted molar refractivity (Wildman–Crippen MR) is 61.3 cm³/mol. The molecule has 1 saturated heterocycles. The summed E-state index contributed by atoms with van der Waals surface area (Å²) in [4.78, 5) is 12.4. The highest BCUT2D eigenvalue weighted by molar-refractivity contribution is 5.01. The molecule has 0 atom stereocenters. The molecular weight excluding hydrogens is 206 g/mol. The fourth-order valence-electron chi connectivity index (χ4n) is 2.68. The van der Waals surface area contributed by atoms with Crippen LogP contribution in [0.15, 0.2) is 12.0 Å². The maximum atomic E-state index is 10.6. The van der Waals surface area contributed by atoms with Crippen molar-refractivity contribution in [2.24, 2.45) is 0 Å². The van der Waals surface area contributed by atoms with Crippen molar-refractivity contribution in [1.82, 2.24) is 10.2 Å². The van der Waals surface area contributed by atoms with Crippen molar-refractivity contribution in [2.75, 3.05) is 13.1 Å². The number of hydrogen-bond donors (Lipinski definition) is 1. The Balaban J connectivity index is 2.06. The average molecular weight is 225 g/mol. The highest BCUT2D eigenvalue weighted by Gasteiger charge is 2.26. The lowest BCUT2D eigenvalue weighted by molar-refractivity contribution is -0.405. The second-order valence-corrected chi connectivity index (χ2v) is 4.57. The van der Waals surface area contributed by atoms with Crippen LogP contribution in [0.4, 0.5) is 0 Å². The second-order valence-electron chi connectivity index (χ2n) is 4.57. The van der Waals surface area contributed by atoms with Gasteiger partial charge in [0, 0.05) is 19.1 Å². The van der Waals surface area contributed by atoms with E-state index in [1.54, 1.807) is 0 Å². The molecule has 0 spiro atoms. The van der Waals surface area contributed by atoms with Crippen LogP contribution in [0, 0.1) is 10.1 Å². The van der Waals surface area contributed by atoms with E-state index in [2.05, 4.69) is 10.2 Å². The standard InChI is InChI=1S/C11H19N3O2/c15-14(16)9-11-12-7-4-8-13(11)10-5-2-1-3-6-10/h9-10,12H,1-8H2/b11-9-. The van der Waals surface area contributed by atoms with Gasteiger partial charge in [-0.2, -0.15) is 0 Å². The van der Waals surface area contributed by atoms with E-state index in [0.29, 0.717) is 11.9 Å². The van der Waals surface area contributed by atoms with E-state index in [-0.39, 0.29) is 4.92 Å². The topological polar surface area (TPSA) is 58.4 Å². The molecule has 0 bridgehead atoms. The summed E-state index contributed by atoms with van der Waals surface area (Å²) in [5, 5.41) is 13.7. The maximum Gasteiger partial charge on any atom is 0.274 e. The van der Waals surface area contributed by atoms with Crippen LogP contribution >= 0.6 is 0 Å². The summed E-state index contributed by atoms with van der Waals surface area (Å²) < 4.78 is 0. The van der Waals surface area contributed by atoms with Crippen molar-refractivity contribution in [3.05, 3.63) is 22.1 Å². The third-order valence-corrected chi connectivity index (χ3v) is 3.43. The third-order valence-electron chi connectivity index (χ3n) is 3.43. The number of nitro groups is 1. The van der Waals surface area contributed by atoms with E-state index in [1.807, 2.05) is 0 Å². The SMILES string of the molecule is O=[N+]([O-])/C=C1/NCCCN1C1CCCCC1. The Hall–Kier alpha value is -1.26. The molecule has 1 aliphatic carbocycles. The fraction of sp³-hybridized carbons (Fsp3) is 0.818.